The largest absolute Gasteiger partial charge is 0.455 e. The molecule has 0 fully saturated rings. The van der Waals surface area contributed by atoms with Gasteiger partial charge in [-0.15, -0.1) is 0 Å². The maximum atomic E-state index is 9.61. The molecular weight excluding hydrogens is 607 g/mol. The molecule has 9 aromatic carbocycles. The molecule has 0 aliphatic carbocycles. The Hall–Kier alpha value is -6.64. The van der Waals surface area contributed by atoms with Gasteiger partial charge in [0.25, 0.3) is 0 Å². The number of nitrogens with zero attached hydrogens (tertiary/aromatic N) is 1. The summed E-state index contributed by atoms with van der Waals surface area (Å²) in [7, 11) is 0. The van der Waals surface area contributed by atoms with Crippen molar-refractivity contribution in [3.8, 4) is 22.3 Å². The molecule has 0 aliphatic rings. The highest BCUT2D eigenvalue weighted by Crippen LogP contribution is 2.45. The zero-order valence-corrected chi connectivity index (χ0v) is 26.4. The topological polar surface area (TPSA) is 16.4 Å². The summed E-state index contributed by atoms with van der Waals surface area (Å²) >= 11 is 0. The Morgan fingerprint density at radius 1 is 0.440 bits per heavy atom. The van der Waals surface area contributed by atoms with Gasteiger partial charge in [-0.2, -0.15) is 0 Å². The first-order chi connectivity index (χ1) is 29.4. The lowest BCUT2D eigenvalue weighted by atomic mass is 9.98. The molecule has 50 heavy (non-hydrogen) atoms. The standard InChI is InChI=1S/C48H31NO/c1-2-12-37-31-38(20-19-32(37)9-1)33-21-26-39(27-22-33)49(40-28-23-36(24-29-40)42-16-7-13-34-10-3-5-14-41(34)42)45-17-8-18-46-47(45)44-30-25-35-11-4-6-15-43(35)48(44)50-46/h1-31H/i1D,2D,9D,12D,19D,20D,21D,22D,26D,27D,31D. The van der Waals surface area contributed by atoms with Crippen molar-refractivity contribution in [2.24, 2.45) is 0 Å². The molecule has 0 bridgehead atoms. The normalized spacial score (nSPS) is 14.7. The molecule has 0 radical (unpaired) electrons. The van der Waals surface area contributed by atoms with Gasteiger partial charge in [0.1, 0.15) is 11.2 Å². The van der Waals surface area contributed by atoms with E-state index >= 15 is 0 Å². The fourth-order valence-electron chi connectivity index (χ4n) is 6.83. The van der Waals surface area contributed by atoms with E-state index in [0.29, 0.717) is 27.9 Å². The Morgan fingerprint density at radius 2 is 1.14 bits per heavy atom. The van der Waals surface area contributed by atoms with Gasteiger partial charge in [0.15, 0.2) is 0 Å². The Morgan fingerprint density at radius 3 is 1.98 bits per heavy atom. The molecule has 234 valence electrons. The highest BCUT2D eigenvalue weighted by Gasteiger charge is 2.20. The summed E-state index contributed by atoms with van der Waals surface area (Å²) in [5.41, 5.74) is 3.14. The van der Waals surface area contributed by atoms with Crippen molar-refractivity contribution in [3.05, 3.63) is 188 Å². The Kier molecular flexibility index (Phi) is 4.46. The summed E-state index contributed by atoms with van der Waals surface area (Å²) in [6, 6.07) is 32.6. The zero-order valence-electron chi connectivity index (χ0n) is 37.4. The molecule has 10 rings (SSSR count). The minimum atomic E-state index is -0.654. The number of hydrogen-bond donors (Lipinski definition) is 0. The quantitative estimate of drug-likeness (QED) is 0.185. The van der Waals surface area contributed by atoms with Crippen LogP contribution in [-0.4, -0.2) is 0 Å². The highest BCUT2D eigenvalue weighted by molar-refractivity contribution is 6.19. The molecule has 0 amide bonds. The van der Waals surface area contributed by atoms with Crippen molar-refractivity contribution < 1.29 is 19.5 Å². The highest BCUT2D eigenvalue weighted by atomic mass is 16.3. The van der Waals surface area contributed by atoms with Crippen LogP contribution >= 0.6 is 0 Å². The molecular formula is C48H31NO. The van der Waals surface area contributed by atoms with Crippen LogP contribution in [0.4, 0.5) is 17.1 Å². The first-order valence-corrected chi connectivity index (χ1v) is 16.2. The summed E-state index contributed by atoms with van der Waals surface area (Å²) in [5.74, 6) is 0. The molecule has 0 spiro atoms. The average molecular weight is 649 g/mol. The van der Waals surface area contributed by atoms with Crippen LogP contribution in [0.25, 0.3) is 76.5 Å². The summed E-state index contributed by atoms with van der Waals surface area (Å²) in [5, 5.41) is 4.79. The molecule has 1 aromatic heterocycles. The fourth-order valence-corrected chi connectivity index (χ4v) is 6.83. The summed E-state index contributed by atoms with van der Waals surface area (Å²) < 4.78 is 105. The molecule has 1 heterocycles. The molecule has 0 saturated carbocycles. The number of benzene rings is 9. The lowest BCUT2D eigenvalue weighted by molar-refractivity contribution is 0.672. The van der Waals surface area contributed by atoms with E-state index in [1.807, 2.05) is 97.1 Å². The maximum Gasteiger partial charge on any atom is 0.143 e. The van der Waals surface area contributed by atoms with Crippen LogP contribution in [0.5, 0.6) is 0 Å². The smallest absolute Gasteiger partial charge is 0.143 e. The van der Waals surface area contributed by atoms with Crippen LogP contribution in [0.1, 0.15) is 15.1 Å². The van der Waals surface area contributed by atoms with Crippen LogP contribution < -0.4 is 4.90 Å². The molecule has 0 N–H and O–H groups in total. The first kappa shape index (κ1) is 19.4. The van der Waals surface area contributed by atoms with Gasteiger partial charge in [-0.05, 0) is 97.6 Å². The molecule has 0 aliphatic heterocycles. The van der Waals surface area contributed by atoms with Gasteiger partial charge in [-0.1, -0.05) is 139 Å². The second-order valence-electron chi connectivity index (χ2n) is 12.0. The summed E-state index contributed by atoms with van der Waals surface area (Å²) in [6.07, 6.45) is 0. The third-order valence-corrected chi connectivity index (χ3v) is 9.17. The van der Waals surface area contributed by atoms with Gasteiger partial charge in [-0.3, -0.25) is 0 Å². The predicted molar refractivity (Wildman–Crippen MR) is 212 cm³/mol. The third kappa shape index (κ3) is 4.65. The monoisotopic (exact) mass is 648 g/mol. The second-order valence-corrected chi connectivity index (χ2v) is 12.0. The van der Waals surface area contributed by atoms with E-state index in [9.17, 15) is 5.48 Å². The number of rotatable bonds is 5. The van der Waals surface area contributed by atoms with Crippen LogP contribution in [0.3, 0.4) is 0 Å². The fraction of sp³-hybridized carbons (Fsp3) is 0. The third-order valence-electron chi connectivity index (χ3n) is 9.17. The van der Waals surface area contributed by atoms with Crippen molar-refractivity contribution in [2.75, 3.05) is 4.90 Å². The number of hydrogen-bond acceptors (Lipinski definition) is 2. The van der Waals surface area contributed by atoms with Crippen LogP contribution in [0.15, 0.2) is 192 Å². The average Bonchev–Trinajstić information content (AvgIpc) is 3.68. The van der Waals surface area contributed by atoms with E-state index in [2.05, 4.69) is 18.2 Å². The zero-order chi connectivity index (χ0) is 42.6. The van der Waals surface area contributed by atoms with Gasteiger partial charge in [0.2, 0.25) is 0 Å². The van der Waals surface area contributed by atoms with Gasteiger partial charge >= 0.3 is 0 Å². The molecule has 0 atom stereocenters. The first-order valence-electron chi connectivity index (χ1n) is 21.7. The number of anilines is 3. The molecule has 2 heteroatoms. The predicted octanol–water partition coefficient (Wildman–Crippen LogP) is 13.8. The Balaban J connectivity index is 1.25. The molecule has 10 aromatic rings. The van der Waals surface area contributed by atoms with Gasteiger partial charge in [-0.25, -0.2) is 0 Å². The van der Waals surface area contributed by atoms with Gasteiger partial charge in [0.05, 0.1) is 26.2 Å². The number of fused-ring (bicyclic) bond motifs is 7. The lowest BCUT2D eigenvalue weighted by Crippen LogP contribution is -2.10. The van der Waals surface area contributed by atoms with Crippen LogP contribution in [0.2, 0.25) is 0 Å². The van der Waals surface area contributed by atoms with Crippen molar-refractivity contribution in [2.45, 2.75) is 0 Å². The second kappa shape index (κ2) is 11.5. The summed E-state index contributed by atoms with van der Waals surface area (Å²) in [6.45, 7) is 0. The van der Waals surface area contributed by atoms with Crippen molar-refractivity contribution in [3.63, 3.8) is 0 Å². The molecule has 2 nitrogen and oxygen atoms in total. The van der Waals surface area contributed by atoms with Crippen molar-refractivity contribution in [1.29, 1.82) is 0 Å². The minimum absolute atomic E-state index is 0.119. The van der Waals surface area contributed by atoms with E-state index in [1.165, 1.54) is 0 Å². The minimum Gasteiger partial charge on any atom is -0.455 e. The van der Waals surface area contributed by atoms with Crippen molar-refractivity contribution in [1.82, 2.24) is 0 Å². The van der Waals surface area contributed by atoms with E-state index in [1.54, 1.807) is 11.0 Å². The van der Waals surface area contributed by atoms with E-state index < -0.39 is 77.6 Å². The van der Waals surface area contributed by atoms with Gasteiger partial charge in [0, 0.05) is 22.1 Å². The summed E-state index contributed by atoms with van der Waals surface area (Å²) in [4.78, 5) is 1.67. The van der Waals surface area contributed by atoms with Gasteiger partial charge < -0.3 is 9.32 Å². The Bertz CT molecular complexity index is 3470. The molecule has 0 unspecified atom stereocenters. The SMILES string of the molecule is [2H]c1c([2H])c(N(c2ccc(-c3cccc4ccccc34)cc2)c2cccc3oc4c5ccccc5ccc4c23)c([2H])c([2H])c1-c1c([2H])c([2H])c2c([2H])c([2H])c([2H])c([2H])c2c1[2H]. The van der Waals surface area contributed by atoms with Crippen LogP contribution in [-0.2, 0) is 0 Å². The van der Waals surface area contributed by atoms with E-state index in [-0.39, 0.29) is 16.5 Å². The van der Waals surface area contributed by atoms with Crippen LogP contribution in [0, 0.1) is 0 Å². The van der Waals surface area contributed by atoms with Crippen molar-refractivity contribution >= 4 is 71.3 Å². The maximum absolute atomic E-state index is 9.61. The lowest BCUT2D eigenvalue weighted by Gasteiger charge is -2.26. The van der Waals surface area contributed by atoms with E-state index in [0.717, 1.165) is 38.1 Å². The molecule has 0 saturated heterocycles. The number of furan rings is 1. The Labute approximate surface area is 305 Å². The van der Waals surface area contributed by atoms with E-state index in [4.69, 9.17) is 14.0 Å².